The SMILES string of the molecule is CC(Nc1ccc(C(N)=O)cc1[N+](=O)[O-])c1ccc(OC(F)F)cc1. The number of amides is 1. The molecule has 2 aromatic rings. The molecule has 9 heteroatoms. The number of nitrogens with zero attached hydrogens (tertiary/aromatic N) is 1. The van der Waals surface area contributed by atoms with Crippen molar-refractivity contribution in [3.05, 3.63) is 63.7 Å². The van der Waals surface area contributed by atoms with Crippen molar-refractivity contribution in [2.24, 2.45) is 5.73 Å². The van der Waals surface area contributed by atoms with Crippen molar-refractivity contribution in [3.63, 3.8) is 0 Å². The van der Waals surface area contributed by atoms with Gasteiger partial charge in [-0.1, -0.05) is 12.1 Å². The lowest BCUT2D eigenvalue weighted by Gasteiger charge is -2.16. The van der Waals surface area contributed by atoms with E-state index in [4.69, 9.17) is 5.73 Å². The number of hydrogen-bond donors (Lipinski definition) is 2. The first kappa shape index (κ1) is 18.1. The molecule has 3 N–H and O–H groups in total. The average molecular weight is 351 g/mol. The van der Waals surface area contributed by atoms with Gasteiger partial charge in [0.1, 0.15) is 11.4 Å². The van der Waals surface area contributed by atoms with Crippen molar-refractivity contribution in [2.75, 3.05) is 5.32 Å². The molecule has 1 unspecified atom stereocenters. The van der Waals surface area contributed by atoms with Gasteiger partial charge in [-0.25, -0.2) is 0 Å². The first-order valence-corrected chi connectivity index (χ1v) is 7.17. The minimum absolute atomic E-state index is 0.0164. The number of primary amides is 1. The summed E-state index contributed by atoms with van der Waals surface area (Å²) in [4.78, 5) is 21.7. The maximum absolute atomic E-state index is 12.1. The summed E-state index contributed by atoms with van der Waals surface area (Å²) >= 11 is 0. The van der Waals surface area contributed by atoms with Gasteiger partial charge in [0.25, 0.3) is 5.69 Å². The number of hydrogen-bond acceptors (Lipinski definition) is 5. The second kappa shape index (κ2) is 7.56. The third-order valence-electron chi connectivity index (χ3n) is 3.46. The Kier molecular flexibility index (Phi) is 5.48. The Labute approximate surface area is 141 Å². The molecule has 0 heterocycles. The topological polar surface area (TPSA) is 107 Å². The highest BCUT2D eigenvalue weighted by molar-refractivity contribution is 5.94. The second-order valence-electron chi connectivity index (χ2n) is 5.17. The molecule has 1 atom stereocenters. The lowest BCUT2D eigenvalue weighted by Crippen LogP contribution is -2.13. The van der Waals surface area contributed by atoms with E-state index < -0.39 is 17.4 Å². The molecule has 0 saturated carbocycles. The quantitative estimate of drug-likeness (QED) is 0.587. The number of carbonyl (C=O) groups excluding carboxylic acids is 1. The molecule has 1 amide bonds. The van der Waals surface area contributed by atoms with Crippen molar-refractivity contribution in [2.45, 2.75) is 19.6 Å². The number of nitrogens with one attached hydrogen (secondary N) is 1. The van der Waals surface area contributed by atoms with Crippen LogP contribution >= 0.6 is 0 Å². The van der Waals surface area contributed by atoms with Gasteiger partial charge in [-0.15, -0.1) is 0 Å². The van der Waals surface area contributed by atoms with Crippen LogP contribution in [0.3, 0.4) is 0 Å². The first-order valence-electron chi connectivity index (χ1n) is 7.17. The van der Waals surface area contributed by atoms with Gasteiger partial charge in [-0.05, 0) is 36.8 Å². The van der Waals surface area contributed by atoms with E-state index >= 15 is 0 Å². The molecular formula is C16H15F2N3O4. The molecule has 132 valence electrons. The number of nitro groups is 1. The summed E-state index contributed by atoms with van der Waals surface area (Å²) in [5.74, 6) is -0.750. The third kappa shape index (κ3) is 4.63. The Balaban J connectivity index is 2.20. The summed E-state index contributed by atoms with van der Waals surface area (Å²) in [5, 5.41) is 14.1. The Morgan fingerprint density at radius 1 is 1.24 bits per heavy atom. The molecule has 0 bridgehead atoms. The zero-order valence-corrected chi connectivity index (χ0v) is 13.1. The molecule has 2 rings (SSSR count). The molecule has 25 heavy (non-hydrogen) atoms. The number of nitro benzene ring substituents is 1. The monoisotopic (exact) mass is 351 g/mol. The van der Waals surface area contributed by atoms with Gasteiger partial charge in [-0.3, -0.25) is 14.9 Å². The fourth-order valence-corrected chi connectivity index (χ4v) is 2.21. The standard InChI is InChI=1S/C16H15F2N3O4/c1-9(10-2-5-12(6-3-10)25-16(17)18)20-13-7-4-11(15(19)22)8-14(13)21(23)24/h2-9,16,20H,1H3,(H2,19,22). The van der Waals surface area contributed by atoms with Crippen molar-refractivity contribution >= 4 is 17.3 Å². The largest absolute Gasteiger partial charge is 0.435 e. The molecule has 0 radical (unpaired) electrons. The molecule has 0 fully saturated rings. The van der Waals surface area contributed by atoms with Crippen molar-refractivity contribution in [1.29, 1.82) is 0 Å². The molecule has 7 nitrogen and oxygen atoms in total. The Bertz CT molecular complexity index is 781. The minimum atomic E-state index is -2.91. The van der Waals surface area contributed by atoms with Gasteiger partial charge in [0.15, 0.2) is 0 Å². The smallest absolute Gasteiger partial charge is 0.387 e. The highest BCUT2D eigenvalue weighted by Gasteiger charge is 2.18. The molecule has 0 aliphatic carbocycles. The van der Waals surface area contributed by atoms with E-state index in [9.17, 15) is 23.7 Å². The van der Waals surface area contributed by atoms with E-state index in [0.717, 1.165) is 6.07 Å². The van der Waals surface area contributed by atoms with E-state index in [2.05, 4.69) is 10.1 Å². The predicted molar refractivity (Wildman–Crippen MR) is 86.7 cm³/mol. The maximum atomic E-state index is 12.1. The van der Waals surface area contributed by atoms with Gasteiger partial charge in [0.05, 0.1) is 4.92 Å². The Hall–Kier alpha value is -3.23. The van der Waals surface area contributed by atoms with Gasteiger partial charge >= 0.3 is 6.61 Å². The van der Waals surface area contributed by atoms with E-state index in [1.807, 2.05) is 0 Å². The lowest BCUT2D eigenvalue weighted by atomic mass is 10.1. The van der Waals surface area contributed by atoms with Crippen LogP contribution in [0, 0.1) is 10.1 Å². The van der Waals surface area contributed by atoms with E-state index in [1.54, 1.807) is 19.1 Å². The number of nitrogens with two attached hydrogens (primary N) is 1. The summed E-state index contributed by atoms with van der Waals surface area (Å²) in [6.07, 6.45) is 0. The number of halogens is 2. The number of anilines is 1. The highest BCUT2D eigenvalue weighted by atomic mass is 19.3. The first-order chi connectivity index (χ1) is 11.8. The minimum Gasteiger partial charge on any atom is -0.435 e. The Morgan fingerprint density at radius 3 is 2.40 bits per heavy atom. The third-order valence-corrected chi connectivity index (χ3v) is 3.46. The Morgan fingerprint density at radius 2 is 1.88 bits per heavy atom. The fraction of sp³-hybridized carbons (Fsp3) is 0.188. The molecule has 2 aromatic carbocycles. The molecule has 0 aromatic heterocycles. The number of carbonyl (C=O) groups is 1. The van der Waals surface area contributed by atoms with Crippen LogP contribution < -0.4 is 15.8 Å². The lowest BCUT2D eigenvalue weighted by molar-refractivity contribution is -0.384. The van der Waals surface area contributed by atoms with E-state index in [0.29, 0.717) is 5.56 Å². The zero-order chi connectivity index (χ0) is 18.6. The number of rotatable bonds is 7. The molecule has 0 spiro atoms. The molecule has 0 aliphatic rings. The summed E-state index contributed by atoms with van der Waals surface area (Å²) < 4.78 is 28.6. The summed E-state index contributed by atoms with van der Waals surface area (Å²) in [6, 6.07) is 9.40. The van der Waals surface area contributed by atoms with Crippen molar-refractivity contribution < 1.29 is 23.2 Å². The van der Waals surface area contributed by atoms with Crippen LogP contribution in [0.4, 0.5) is 20.2 Å². The second-order valence-corrected chi connectivity index (χ2v) is 5.17. The van der Waals surface area contributed by atoms with Crippen LogP contribution in [0.5, 0.6) is 5.75 Å². The normalized spacial score (nSPS) is 11.8. The summed E-state index contributed by atoms with van der Waals surface area (Å²) in [7, 11) is 0. The van der Waals surface area contributed by atoms with Gasteiger partial charge in [0.2, 0.25) is 5.91 Å². The zero-order valence-electron chi connectivity index (χ0n) is 13.1. The van der Waals surface area contributed by atoms with Crippen LogP contribution in [0.25, 0.3) is 0 Å². The fourth-order valence-electron chi connectivity index (χ4n) is 2.21. The van der Waals surface area contributed by atoms with Crippen molar-refractivity contribution in [1.82, 2.24) is 0 Å². The maximum Gasteiger partial charge on any atom is 0.387 e. The predicted octanol–water partition coefficient (Wildman–Crippen LogP) is 3.47. The van der Waals surface area contributed by atoms with Gasteiger partial charge < -0.3 is 15.8 Å². The van der Waals surface area contributed by atoms with E-state index in [-0.39, 0.29) is 28.7 Å². The summed E-state index contributed by atoms with van der Waals surface area (Å²) in [5.41, 5.74) is 5.77. The van der Waals surface area contributed by atoms with Crippen LogP contribution in [0.1, 0.15) is 28.9 Å². The molecular weight excluding hydrogens is 336 g/mol. The van der Waals surface area contributed by atoms with Gasteiger partial charge in [0, 0.05) is 17.7 Å². The average Bonchev–Trinajstić information content (AvgIpc) is 2.54. The van der Waals surface area contributed by atoms with Crippen LogP contribution in [-0.4, -0.2) is 17.4 Å². The number of ether oxygens (including phenoxy) is 1. The van der Waals surface area contributed by atoms with Crippen LogP contribution in [0.2, 0.25) is 0 Å². The van der Waals surface area contributed by atoms with Gasteiger partial charge in [-0.2, -0.15) is 8.78 Å². The van der Waals surface area contributed by atoms with Crippen LogP contribution in [-0.2, 0) is 0 Å². The molecule has 0 aliphatic heterocycles. The highest BCUT2D eigenvalue weighted by Crippen LogP contribution is 2.29. The number of alkyl halides is 2. The van der Waals surface area contributed by atoms with Crippen LogP contribution in [0.15, 0.2) is 42.5 Å². The summed E-state index contributed by atoms with van der Waals surface area (Å²) in [6.45, 7) is -1.16. The number of benzene rings is 2. The van der Waals surface area contributed by atoms with E-state index in [1.165, 1.54) is 24.3 Å². The van der Waals surface area contributed by atoms with Crippen molar-refractivity contribution in [3.8, 4) is 5.75 Å². The molecule has 0 saturated heterocycles.